The largest absolute Gasteiger partial charge is 0.393 e. The molecule has 2 N–H and O–H groups in total. The fraction of sp³-hybridized carbons (Fsp3) is 0.767. The highest BCUT2D eigenvalue weighted by atomic mass is 16.3. The maximum Gasteiger partial charge on any atom is 0.178 e. The van der Waals surface area contributed by atoms with Crippen molar-refractivity contribution in [2.75, 3.05) is 37.6 Å². The molecule has 0 bridgehead atoms. The summed E-state index contributed by atoms with van der Waals surface area (Å²) in [7, 11) is 0. The molecule has 5 fully saturated rings. The zero-order valence-corrected chi connectivity index (χ0v) is 22.4. The molecule has 0 spiro atoms. The third-order valence-corrected chi connectivity index (χ3v) is 11.7. The minimum Gasteiger partial charge on any atom is -0.393 e. The summed E-state index contributed by atoms with van der Waals surface area (Å²) in [5.74, 6) is 1.97. The van der Waals surface area contributed by atoms with Crippen molar-refractivity contribution in [3.8, 4) is 0 Å². The first kappa shape index (κ1) is 25.4. The van der Waals surface area contributed by atoms with Crippen LogP contribution in [0, 0.1) is 34.5 Å². The smallest absolute Gasteiger partial charge is 0.178 e. The van der Waals surface area contributed by atoms with E-state index in [0.29, 0.717) is 18.8 Å². The highest BCUT2D eigenvalue weighted by molar-refractivity contribution is 5.93. The number of Topliss-reactive ketones (excluding diaryl/α,β-unsaturated/α-hetero) is 2. The lowest BCUT2D eigenvalue weighted by atomic mass is 9.44. The van der Waals surface area contributed by atoms with Crippen molar-refractivity contribution < 1.29 is 19.8 Å². The maximum absolute atomic E-state index is 13.9. The number of rotatable bonds is 4. The fourth-order valence-electron chi connectivity index (χ4n) is 9.52. The van der Waals surface area contributed by atoms with Crippen LogP contribution in [0.4, 0.5) is 5.82 Å². The van der Waals surface area contributed by atoms with Gasteiger partial charge in [-0.05, 0) is 80.2 Å². The second-order valence-corrected chi connectivity index (χ2v) is 13.3. The third kappa shape index (κ3) is 3.90. The lowest BCUT2D eigenvalue weighted by molar-refractivity contribution is -0.179. The van der Waals surface area contributed by atoms with Gasteiger partial charge >= 0.3 is 0 Å². The molecule has 0 unspecified atom stereocenters. The van der Waals surface area contributed by atoms with E-state index in [1.54, 1.807) is 6.20 Å². The average molecular weight is 510 g/mol. The molecule has 4 aliphatic carbocycles. The summed E-state index contributed by atoms with van der Waals surface area (Å²) in [5, 5.41) is 22.3. The summed E-state index contributed by atoms with van der Waals surface area (Å²) in [5.41, 5.74) is -2.18. The normalized spacial score (nSPS) is 44.2. The number of hydrogen-bond donors (Lipinski definition) is 2. The number of aliphatic hydroxyl groups excluding tert-OH is 1. The summed E-state index contributed by atoms with van der Waals surface area (Å²) in [6, 6.07) is 5.92. The van der Waals surface area contributed by atoms with Crippen molar-refractivity contribution in [2.24, 2.45) is 34.5 Å². The minimum atomic E-state index is -1.43. The number of aromatic nitrogens is 1. The highest BCUT2D eigenvalue weighted by Crippen LogP contribution is 2.67. The van der Waals surface area contributed by atoms with Gasteiger partial charge in [0, 0.05) is 50.1 Å². The third-order valence-electron chi connectivity index (χ3n) is 11.7. The number of fused-ring (bicyclic) bond motifs is 5. The molecule has 1 aromatic heterocycles. The Morgan fingerprint density at radius 1 is 1.08 bits per heavy atom. The van der Waals surface area contributed by atoms with E-state index in [2.05, 4.69) is 21.7 Å². The molecule has 1 aromatic rings. The quantitative estimate of drug-likeness (QED) is 0.644. The molecule has 0 radical (unpaired) electrons. The van der Waals surface area contributed by atoms with Gasteiger partial charge in [0.2, 0.25) is 0 Å². The highest BCUT2D eigenvalue weighted by Gasteiger charge is 2.69. The van der Waals surface area contributed by atoms with Crippen LogP contribution in [-0.2, 0) is 9.59 Å². The van der Waals surface area contributed by atoms with Gasteiger partial charge in [-0.3, -0.25) is 14.5 Å². The summed E-state index contributed by atoms with van der Waals surface area (Å²) in [4.78, 5) is 36.5. The Bertz CT molecular complexity index is 1040. The van der Waals surface area contributed by atoms with Gasteiger partial charge in [0.15, 0.2) is 5.78 Å². The number of anilines is 1. The van der Waals surface area contributed by atoms with Gasteiger partial charge in [0.05, 0.1) is 12.6 Å². The zero-order valence-electron chi connectivity index (χ0n) is 22.4. The summed E-state index contributed by atoms with van der Waals surface area (Å²) in [6.07, 6.45) is 7.68. The molecular formula is C30H43N3O4. The number of piperazine rings is 1. The van der Waals surface area contributed by atoms with Gasteiger partial charge in [0.1, 0.15) is 17.2 Å². The molecule has 7 nitrogen and oxygen atoms in total. The van der Waals surface area contributed by atoms with Crippen molar-refractivity contribution in [1.29, 1.82) is 0 Å². The molecule has 4 saturated carbocycles. The number of hydrogen-bond acceptors (Lipinski definition) is 7. The first-order chi connectivity index (χ1) is 17.7. The minimum absolute atomic E-state index is 0.00829. The van der Waals surface area contributed by atoms with E-state index in [0.717, 1.165) is 70.5 Å². The SMILES string of the molecule is C[C@]12CC[C@@H](O)C[C@H]1CC[C@@H]1[C@@H]2C(=O)C[C@@]2(C)[C@H]1CC[C@]2(O)C(=O)CN1CCN(c2ccccn2)CC1. The van der Waals surface area contributed by atoms with E-state index in [1.807, 2.05) is 25.1 Å². The van der Waals surface area contributed by atoms with E-state index in [4.69, 9.17) is 0 Å². The molecular weight excluding hydrogens is 466 g/mol. The van der Waals surface area contributed by atoms with Gasteiger partial charge in [-0.2, -0.15) is 0 Å². The van der Waals surface area contributed by atoms with Crippen LogP contribution in [0.15, 0.2) is 24.4 Å². The predicted molar refractivity (Wildman–Crippen MR) is 141 cm³/mol. The Morgan fingerprint density at radius 3 is 2.59 bits per heavy atom. The molecule has 1 saturated heterocycles. The van der Waals surface area contributed by atoms with E-state index < -0.39 is 11.0 Å². The van der Waals surface area contributed by atoms with Crippen molar-refractivity contribution >= 4 is 17.4 Å². The monoisotopic (exact) mass is 509 g/mol. The van der Waals surface area contributed by atoms with Gasteiger partial charge < -0.3 is 15.1 Å². The van der Waals surface area contributed by atoms with Crippen LogP contribution in [0.25, 0.3) is 0 Å². The Kier molecular flexibility index (Phi) is 6.28. The molecule has 8 atom stereocenters. The fourth-order valence-corrected chi connectivity index (χ4v) is 9.52. The summed E-state index contributed by atoms with van der Waals surface area (Å²) < 4.78 is 0. The molecule has 37 heavy (non-hydrogen) atoms. The molecule has 0 amide bonds. The van der Waals surface area contributed by atoms with E-state index in [9.17, 15) is 19.8 Å². The Hall–Kier alpha value is -1.83. The Labute approximate surface area is 220 Å². The van der Waals surface area contributed by atoms with E-state index in [1.165, 1.54) is 0 Å². The number of nitrogens with zero attached hydrogens (tertiary/aromatic N) is 3. The van der Waals surface area contributed by atoms with Crippen LogP contribution in [0.2, 0.25) is 0 Å². The van der Waals surface area contributed by atoms with E-state index >= 15 is 0 Å². The number of aliphatic hydroxyl groups is 2. The molecule has 202 valence electrons. The first-order valence-electron chi connectivity index (χ1n) is 14.5. The Morgan fingerprint density at radius 2 is 1.86 bits per heavy atom. The summed E-state index contributed by atoms with van der Waals surface area (Å²) >= 11 is 0. The first-order valence-corrected chi connectivity index (χ1v) is 14.5. The van der Waals surface area contributed by atoms with E-state index in [-0.39, 0.29) is 47.4 Å². The predicted octanol–water partition coefficient (Wildman–Crippen LogP) is 3.09. The second kappa shape index (κ2) is 9.13. The van der Waals surface area contributed by atoms with Crippen LogP contribution >= 0.6 is 0 Å². The van der Waals surface area contributed by atoms with Crippen molar-refractivity contribution in [3.63, 3.8) is 0 Å². The second-order valence-electron chi connectivity index (χ2n) is 13.3. The topological polar surface area (TPSA) is 94.0 Å². The maximum atomic E-state index is 13.9. The molecule has 7 heteroatoms. The summed E-state index contributed by atoms with van der Waals surface area (Å²) in [6.45, 7) is 7.70. The van der Waals surface area contributed by atoms with Crippen molar-refractivity contribution in [2.45, 2.75) is 76.9 Å². The molecule has 0 aromatic carbocycles. The molecule has 6 rings (SSSR count). The van der Waals surface area contributed by atoms with Crippen LogP contribution < -0.4 is 4.90 Å². The van der Waals surface area contributed by atoms with Crippen LogP contribution in [0.3, 0.4) is 0 Å². The van der Waals surface area contributed by atoms with Crippen molar-refractivity contribution in [1.82, 2.24) is 9.88 Å². The van der Waals surface area contributed by atoms with Crippen LogP contribution in [0.5, 0.6) is 0 Å². The van der Waals surface area contributed by atoms with Gasteiger partial charge in [-0.25, -0.2) is 4.98 Å². The van der Waals surface area contributed by atoms with Gasteiger partial charge in [-0.1, -0.05) is 19.9 Å². The zero-order chi connectivity index (χ0) is 26.0. The molecule has 5 aliphatic rings. The van der Waals surface area contributed by atoms with Crippen LogP contribution in [-0.4, -0.2) is 76.1 Å². The lowest BCUT2D eigenvalue weighted by Crippen LogP contribution is -2.63. The molecule has 2 heterocycles. The molecule has 1 aliphatic heterocycles. The number of pyridine rings is 1. The van der Waals surface area contributed by atoms with Gasteiger partial charge in [0.25, 0.3) is 0 Å². The number of carbonyl (C=O) groups is 2. The number of ketones is 2. The van der Waals surface area contributed by atoms with Crippen LogP contribution in [0.1, 0.15) is 65.2 Å². The Balaban J connectivity index is 1.16. The lowest BCUT2D eigenvalue weighted by Gasteiger charge is -2.60. The number of carbonyl (C=O) groups excluding carboxylic acids is 2. The van der Waals surface area contributed by atoms with Crippen molar-refractivity contribution in [3.05, 3.63) is 24.4 Å². The standard InChI is InChI=1S/C30H43N3O4/c1-28-10-8-21(34)17-20(28)6-7-22-23-9-11-30(37,29(23,2)18-24(35)27(22)28)25(36)19-32-13-15-33(16-14-32)26-5-3-4-12-31-26/h3-5,12,20-23,27,34,37H,6-11,13-19H2,1-2H3/t20-,21-,22+,23+,27-,28+,29+,30+/m1/s1. The average Bonchev–Trinajstić information content (AvgIpc) is 3.16. The van der Waals surface area contributed by atoms with Gasteiger partial charge in [-0.15, -0.1) is 0 Å².